The van der Waals surface area contributed by atoms with Crippen LogP contribution in [0.1, 0.15) is 13.8 Å². The second-order valence-corrected chi connectivity index (χ2v) is 6.72. The van der Waals surface area contributed by atoms with Gasteiger partial charge in [0.25, 0.3) is 0 Å². The van der Waals surface area contributed by atoms with Gasteiger partial charge in [-0.15, -0.1) is 0 Å². The summed E-state index contributed by atoms with van der Waals surface area (Å²) in [6.45, 7) is 3.25. The molecule has 0 fully saturated rings. The van der Waals surface area contributed by atoms with Crippen LogP contribution >= 0.6 is 0 Å². The predicted molar refractivity (Wildman–Crippen MR) is 76.0 cm³/mol. The topological polar surface area (TPSA) is 68.3 Å². The number of ether oxygens (including phenoxy) is 1. The Hall–Kier alpha value is -1.82. The van der Waals surface area contributed by atoms with Crippen molar-refractivity contribution in [3.8, 4) is 5.75 Å². The standard InChI is InChI=1S/C13H16N2O3S/c1-9(2)19(16,17)15-11-6-10-4-5-12(18-3)7-13(10)14-8-11/h4-9,15H,1-3H3. The van der Waals surface area contributed by atoms with E-state index in [2.05, 4.69) is 9.71 Å². The van der Waals surface area contributed by atoms with Crippen molar-refractivity contribution in [1.29, 1.82) is 0 Å². The van der Waals surface area contributed by atoms with Crippen molar-refractivity contribution in [2.45, 2.75) is 19.1 Å². The molecule has 2 aromatic rings. The molecule has 19 heavy (non-hydrogen) atoms. The van der Waals surface area contributed by atoms with Crippen LogP contribution in [0.2, 0.25) is 0 Å². The highest BCUT2D eigenvalue weighted by Crippen LogP contribution is 2.22. The first-order chi connectivity index (χ1) is 8.92. The molecule has 0 bridgehead atoms. The van der Waals surface area contributed by atoms with Gasteiger partial charge >= 0.3 is 0 Å². The van der Waals surface area contributed by atoms with E-state index in [1.807, 2.05) is 12.1 Å². The summed E-state index contributed by atoms with van der Waals surface area (Å²) in [5.74, 6) is 0.718. The number of pyridine rings is 1. The van der Waals surface area contributed by atoms with Gasteiger partial charge in [0.2, 0.25) is 10.0 Å². The number of nitrogens with zero attached hydrogens (tertiary/aromatic N) is 1. The lowest BCUT2D eigenvalue weighted by atomic mass is 10.2. The highest BCUT2D eigenvalue weighted by atomic mass is 32.2. The van der Waals surface area contributed by atoms with Gasteiger partial charge in [-0.25, -0.2) is 8.42 Å². The van der Waals surface area contributed by atoms with E-state index in [0.717, 1.165) is 16.7 Å². The molecule has 0 spiro atoms. The van der Waals surface area contributed by atoms with Crippen molar-refractivity contribution in [2.75, 3.05) is 11.8 Å². The maximum Gasteiger partial charge on any atom is 0.235 e. The highest BCUT2D eigenvalue weighted by molar-refractivity contribution is 7.93. The summed E-state index contributed by atoms with van der Waals surface area (Å²) in [5, 5.41) is 0.365. The highest BCUT2D eigenvalue weighted by Gasteiger charge is 2.15. The van der Waals surface area contributed by atoms with Gasteiger partial charge in [0.15, 0.2) is 0 Å². The Labute approximate surface area is 112 Å². The quantitative estimate of drug-likeness (QED) is 0.933. The summed E-state index contributed by atoms with van der Waals surface area (Å²) in [6, 6.07) is 7.21. The first-order valence-electron chi connectivity index (χ1n) is 5.88. The Morgan fingerprint density at radius 3 is 2.63 bits per heavy atom. The Morgan fingerprint density at radius 2 is 2.00 bits per heavy atom. The fourth-order valence-corrected chi connectivity index (χ4v) is 2.24. The van der Waals surface area contributed by atoms with Gasteiger partial charge in [0.05, 0.1) is 29.8 Å². The van der Waals surface area contributed by atoms with Crippen LogP contribution in [0.5, 0.6) is 5.75 Å². The van der Waals surface area contributed by atoms with Crippen molar-refractivity contribution in [3.63, 3.8) is 0 Å². The number of hydrogen-bond donors (Lipinski definition) is 1. The van der Waals surface area contributed by atoms with Gasteiger partial charge < -0.3 is 4.74 Å². The van der Waals surface area contributed by atoms with Crippen LogP contribution in [-0.2, 0) is 10.0 Å². The molecule has 0 atom stereocenters. The molecule has 1 heterocycles. The number of anilines is 1. The molecule has 1 aromatic heterocycles. The molecule has 0 aliphatic heterocycles. The van der Waals surface area contributed by atoms with Crippen LogP contribution in [0.15, 0.2) is 30.5 Å². The molecule has 102 valence electrons. The van der Waals surface area contributed by atoms with E-state index in [1.54, 1.807) is 33.1 Å². The summed E-state index contributed by atoms with van der Waals surface area (Å²) in [5.41, 5.74) is 1.22. The molecule has 0 amide bonds. The normalized spacial score (nSPS) is 11.8. The molecule has 0 radical (unpaired) electrons. The molecular formula is C13H16N2O3S. The lowest BCUT2D eigenvalue weighted by Crippen LogP contribution is -2.22. The van der Waals surface area contributed by atoms with Crippen LogP contribution in [-0.4, -0.2) is 25.8 Å². The zero-order valence-electron chi connectivity index (χ0n) is 11.0. The minimum absolute atomic E-state index is 0.464. The fourth-order valence-electron chi connectivity index (χ4n) is 1.57. The number of nitrogens with one attached hydrogen (secondary N) is 1. The van der Waals surface area contributed by atoms with E-state index in [4.69, 9.17) is 4.74 Å². The van der Waals surface area contributed by atoms with Crippen molar-refractivity contribution < 1.29 is 13.2 Å². The zero-order chi connectivity index (χ0) is 14.0. The van der Waals surface area contributed by atoms with Crippen molar-refractivity contribution in [3.05, 3.63) is 30.5 Å². The predicted octanol–water partition coefficient (Wildman–Crippen LogP) is 2.39. The van der Waals surface area contributed by atoms with Gasteiger partial charge in [-0.05, 0) is 32.0 Å². The van der Waals surface area contributed by atoms with E-state index in [9.17, 15) is 8.42 Å². The van der Waals surface area contributed by atoms with E-state index in [0.29, 0.717) is 5.69 Å². The lowest BCUT2D eigenvalue weighted by Gasteiger charge is -2.11. The summed E-state index contributed by atoms with van der Waals surface area (Å²) in [4.78, 5) is 4.23. The number of rotatable bonds is 4. The molecule has 0 aliphatic rings. The second kappa shape index (κ2) is 5.05. The largest absolute Gasteiger partial charge is 0.497 e. The minimum atomic E-state index is -3.35. The number of sulfonamides is 1. The van der Waals surface area contributed by atoms with E-state index < -0.39 is 15.3 Å². The van der Waals surface area contributed by atoms with Crippen molar-refractivity contribution in [2.24, 2.45) is 0 Å². The van der Waals surface area contributed by atoms with Crippen molar-refractivity contribution >= 4 is 26.6 Å². The van der Waals surface area contributed by atoms with E-state index in [1.165, 1.54) is 6.20 Å². The summed E-state index contributed by atoms with van der Waals surface area (Å²) < 4.78 is 31.2. The third kappa shape index (κ3) is 2.96. The van der Waals surface area contributed by atoms with Gasteiger partial charge in [0, 0.05) is 11.5 Å². The summed E-state index contributed by atoms with van der Waals surface area (Å²) in [6.07, 6.45) is 1.50. The van der Waals surface area contributed by atoms with E-state index >= 15 is 0 Å². The Bertz CT molecular complexity index is 696. The lowest BCUT2D eigenvalue weighted by molar-refractivity contribution is 0.415. The van der Waals surface area contributed by atoms with Crippen LogP contribution in [0.25, 0.3) is 10.9 Å². The molecular weight excluding hydrogens is 264 g/mol. The van der Waals surface area contributed by atoms with Crippen LogP contribution in [0.4, 0.5) is 5.69 Å². The molecule has 0 aliphatic carbocycles. The van der Waals surface area contributed by atoms with Gasteiger partial charge in [0.1, 0.15) is 5.75 Å². The molecule has 1 aromatic carbocycles. The molecule has 6 heteroatoms. The molecule has 2 rings (SSSR count). The summed E-state index contributed by atoms with van der Waals surface area (Å²) in [7, 11) is -1.76. The second-order valence-electron chi connectivity index (χ2n) is 4.48. The number of fused-ring (bicyclic) bond motifs is 1. The number of hydrogen-bond acceptors (Lipinski definition) is 4. The van der Waals surface area contributed by atoms with Crippen LogP contribution in [0, 0.1) is 0 Å². The average molecular weight is 280 g/mol. The fraction of sp³-hybridized carbons (Fsp3) is 0.308. The third-order valence-electron chi connectivity index (χ3n) is 2.77. The SMILES string of the molecule is COc1ccc2cc(NS(=O)(=O)C(C)C)cnc2c1. The number of benzene rings is 1. The Balaban J connectivity index is 2.37. The zero-order valence-corrected chi connectivity index (χ0v) is 11.9. The molecule has 1 N–H and O–H groups in total. The van der Waals surface area contributed by atoms with Crippen LogP contribution < -0.4 is 9.46 Å². The van der Waals surface area contributed by atoms with Gasteiger partial charge in [-0.3, -0.25) is 9.71 Å². The first-order valence-corrected chi connectivity index (χ1v) is 7.42. The smallest absolute Gasteiger partial charge is 0.235 e. The molecule has 0 saturated carbocycles. The van der Waals surface area contributed by atoms with Crippen LogP contribution in [0.3, 0.4) is 0 Å². The van der Waals surface area contributed by atoms with Crippen molar-refractivity contribution in [1.82, 2.24) is 4.98 Å². The first kappa shape index (κ1) is 13.6. The Kier molecular flexibility index (Phi) is 3.61. The number of methoxy groups -OCH3 is 1. The van der Waals surface area contributed by atoms with Gasteiger partial charge in [-0.2, -0.15) is 0 Å². The number of aromatic nitrogens is 1. The molecule has 0 saturated heterocycles. The minimum Gasteiger partial charge on any atom is -0.497 e. The van der Waals surface area contributed by atoms with E-state index in [-0.39, 0.29) is 0 Å². The van der Waals surface area contributed by atoms with Gasteiger partial charge in [-0.1, -0.05) is 0 Å². The maximum atomic E-state index is 11.8. The maximum absolute atomic E-state index is 11.8. The molecule has 5 nitrogen and oxygen atoms in total. The third-order valence-corrected chi connectivity index (χ3v) is 4.53. The molecule has 0 unspecified atom stereocenters. The summed E-state index contributed by atoms with van der Waals surface area (Å²) >= 11 is 0. The Morgan fingerprint density at radius 1 is 1.26 bits per heavy atom. The monoisotopic (exact) mass is 280 g/mol. The average Bonchev–Trinajstić information content (AvgIpc) is 2.37.